The monoisotopic (exact) mass is 301 g/mol. The number of amides is 3. The quantitative estimate of drug-likeness (QED) is 0.684. The molecule has 0 bridgehead atoms. The van der Waals surface area contributed by atoms with Gasteiger partial charge in [0.05, 0.1) is 5.69 Å². The third kappa shape index (κ3) is 2.44. The summed E-state index contributed by atoms with van der Waals surface area (Å²) < 4.78 is 26.2. The molecule has 0 aliphatic carbocycles. The van der Waals surface area contributed by atoms with Crippen molar-refractivity contribution in [2.75, 3.05) is 4.90 Å². The Morgan fingerprint density at radius 1 is 1.05 bits per heavy atom. The first-order valence-corrected chi connectivity index (χ1v) is 6.28. The number of benzene rings is 1. The van der Waals surface area contributed by atoms with Crippen LogP contribution in [0.2, 0.25) is 0 Å². The molecule has 2 heterocycles. The maximum absolute atomic E-state index is 13.3. The van der Waals surface area contributed by atoms with Gasteiger partial charge < -0.3 is 5.32 Å². The lowest BCUT2D eigenvalue weighted by atomic mass is 10.2. The lowest BCUT2D eigenvalue weighted by Gasteiger charge is -2.11. The SMILES string of the molecule is O=C1N/C(=C\c2ccncc2)C(=O)N1c1ccc(F)c(F)c1. The van der Waals surface area contributed by atoms with E-state index >= 15 is 0 Å². The average Bonchev–Trinajstić information content (AvgIpc) is 2.78. The van der Waals surface area contributed by atoms with Crippen LogP contribution >= 0.6 is 0 Å². The van der Waals surface area contributed by atoms with Gasteiger partial charge in [0.15, 0.2) is 11.6 Å². The summed E-state index contributed by atoms with van der Waals surface area (Å²) in [7, 11) is 0. The number of rotatable bonds is 2. The summed E-state index contributed by atoms with van der Waals surface area (Å²) in [6, 6.07) is 5.40. The number of nitrogens with one attached hydrogen (secondary N) is 1. The molecule has 3 rings (SSSR count). The third-order valence-electron chi connectivity index (χ3n) is 3.06. The lowest BCUT2D eigenvalue weighted by molar-refractivity contribution is -0.113. The number of urea groups is 1. The first kappa shape index (κ1) is 13.9. The van der Waals surface area contributed by atoms with Crippen molar-refractivity contribution in [2.24, 2.45) is 0 Å². The van der Waals surface area contributed by atoms with Crippen LogP contribution < -0.4 is 10.2 Å². The fraction of sp³-hybridized carbons (Fsp3) is 0. The molecule has 1 aromatic heterocycles. The summed E-state index contributed by atoms with van der Waals surface area (Å²) in [5.74, 6) is -2.83. The van der Waals surface area contributed by atoms with Crippen molar-refractivity contribution < 1.29 is 18.4 Å². The number of aromatic nitrogens is 1. The molecule has 3 amide bonds. The molecular weight excluding hydrogens is 292 g/mol. The Labute approximate surface area is 123 Å². The van der Waals surface area contributed by atoms with E-state index in [1.54, 1.807) is 24.5 Å². The minimum atomic E-state index is -1.13. The van der Waals surface area contributed by atoms with Gasteiger partial charge in [-0.2, -0.15) is 0 Å². The zero-order valence-corrected chi connectivity index (χ0v) is 11.1. The van der Waals surface area contributed by atoms with E-state index < -0.39 is 23.6 Å². The third-order valence-corrected chi connectivity index (χ3v) is 3.06. The first-order chi connectivity index (χ1) is 10.6. The highest BCUT2D eigenvalue weighted by molar-refractivity contribution is 6.28. The number of hydrogen-bond donors (Lipinski definition) is 1. The predicted octanol–water partition coefficient (Wildman–Crippen LogP) is 2.46. The Balaban J connectivity index is 1.95. The molecule has 0 saturated carbocycles. The van der Waals surface area contributed by atoms with Gasteiger partial charge in [-0.25, -0.2) is 18.5 Å². The van der Waals surface area contributed by atoms with Crippen molar-refractivity contribution in [2.45, 2.75) is 0 Å². The van der Waals surface area contributed by atoms with Crippen molar-refractivity contribution in [3.63, 3.8) is 0 Å². The van der Waals surface area contributed by atoms with Crippen LogP contribution in [-0.2, 0) is 4.79 Å². The fourth-order valence-electron chi connectivity index (χ4n) is 2.02. The van der Waals surface area contributed by atoms with Crippen LogP contribution in [0.5, 0.6) is 0 Å². The van der Waals surface area contributed by atoms with Crippen LogP contribution in [0.15, 0.2) is 48.4 Å². The summed E-state index contributed by atoms with van der Waals surface area (Å²) in [6.45, 7) is 0. The maximum Gasteiger partial charge on any atom is 0.333 e. The van der Waals surface area contributed by atoms with E-state index in [-0.39, 0.29) is 11.4 Å². The van der Waals surface area contributed by atoms with Gasteiger partial charge in [-0.3, -0.25) is 9.78 Å². The van der Waals surface area contributed by atoms with Gasteiger partial charge in [0.25, 0.3) is 5.91 Å². The molecule has 1 fully saturated rings. The smallest absolute Gasteiger partial charge is 0.302 e. The van der Waals surface area contributed by atoms with Gasteiger partial charge >= 0.3 is 6.03 Å². The second kappa shape index (κ2) is 5.36. The summed E-state index contributed by atoms with van der Waals surface area (Å²) in [5, 5.41) is 2.40. The molecule has 0 atom stereocenters. The number of anilines is 1. The zero-order valence-electron chi connectivity index (χ0n) is 11.1. The normalized spacial score (nSPS) is 16.3. The van der Waals surface area contributed by atoms with E-state index in [0.29, 0.717) is 5.56 Å². The second-order valence-corrected chi connectivity index (χ2v) is 4.51. The number of pyridine rings is 1. The fourth-order valence-corrected chi connectivity index (χ4v) is 2.02. The summed E-state index contributed by atoms with van der Waals surface area (Å²) in [4.78, 5) is 28.8. The number of carbonyl (C=O) groups is 2. The Morgan fingerprint density at radius 2 is 1.77 bits per heavy atom. The zero-order chi connectivity index (χ0) is 15.7. The number of hydrogen-bond acceptors (Lipinski definition) is 3. The van der Waals surface area contributed by atoms with Crippen LogP contribution in [0, 0.1) is 11.6 Å². The Hall–Kier alpha value is -3.09. The largest absolute Gasteiger partial charge is 0.333 e. The van der Waals surface area contributed by atoms with Crippen molar-refractivity contribution in [3.8, 4) is 0 Å². The highest BCUT2D eigenvalue weighted by Gasteiger charge is 2.35. The van der Waals surface area contributed by atoms with E-state index in [4.69, 9.17) is 0 Å². The molecule has 1 aliphatic heterocycles. The van der Waals surface area contributed by atoms with Gasteiger partial charge in [0, 0.05) is 18.5 Å². The summed E-state index contributed by atoms with van der Waals surface area (Å²) in [6.07, 6.45) is 4.56. The predicted molar refractivity (Wildman–Crippen MR) is 74.6 cm³/mol. The molecular formula is C15H9F2N3O2. The number of carbonyl (C=O) groups excluding carboxylic acids is 2. The van der Waals surface area contributed by atoms with Crippen LogP contribution in [-0.4, -0.2) is 16.9 Å². The van der Waals surface area contributed by atoms with Gasteiger partial charge in [-0.1, -0.05) is 0 Å². The highest BCUT2D eigenvalue weighted by Crippen LogP contribution is 2.23. The van der Waals surface area contributed by atoms with Crippen LogP contribution in [0.25, 0.3) is 6.08 Å². The van der Waals surface area contributed by atoms with E-state index in [1.807, 2.05) is 0 Å². The Morgan fingerprint density at radius 3 is 2.45 bits per heavy atom. The van der Waals surface area contributed by atoms with E-state index in [0.717, 1.165) is 23.1 Å². The van der Waals surface area contributed by atoms with Crippen molar-refractivity contribution in [1.29, 1.82) is 0 Å². The molecule has 5 nitrogen and oxygen atoms in total. The van der Waals surface area contributed by atoms with E-state index in [9.17, 15) is 18.4 Å². The molecule has 0 spiro atoms. The molecule has 110 valence electrons. The van der Waals surface area contributed by atoms with E-state index in [1.165, 1.54) is 6.08 Å². The number of halogens is 2. The molecule has 0 unspecified atom stereocenters. The maximum atomic E-state index is 13.3. The minimum absolute atomic E-state index is 0.0421. The molecule has 0 radical (unpaired) electrons. The van der Waals surface area contributed by atoms with Crippen molar-refractivity contribution >= 4 is 23.7 Å². The molecule has 1 aromatic carbocycles. The van der Waals surface area contributed by atoms with Gasteiger partial charge in [0.1, 0.15) is 5.70 Å². The molecule has 7 heteroatoms. The highest BCUT2D eigenvalue weighted by atomic mass is 19.2. The minimum Gasteiger partial charge on any atom is -0.302 e. The van der Waals surface area contributed by atoms with Crippen LogP contribution in [0.1, 0.15) is 5.56 Å². The number of nitrogens with zero attached hydrogens (tertiary/aromatic N) is 2. The summed E-state index contributed by atoms with van der Waals surface area (Å²) >= 11 is 0. The van der Waals surface area contributed by atoms with Crippen molar-refractivity contribution in [3.05, 3.63) is 65.6 Å². The standard InChI is InChI=1S/C15H9F2N3O2/c16-11-2-1-10(8-12(11)17)20-14(21)13(19-15(20)22)7-9-3-5-18-6-4-9/h1-8H,(H,19,22)/b13-7-. The molecule has 2 aromatic rings. The lowest BCUT2D eigenvalue weighted by Crippen LogP contribution is -2.30. The topological polar surface area (TPSA) is 62.3 Å². The van der Waals surface area contributed by atoms with Gasteiger partial charge in [0.2, 0.25) is 0 Å². The first-order valence-electron chi connectivity index (χ1n) is 6.28. The number of imide groups is 1. The Bertz CT molecular complexity index is 791. The Kier molecular flexibility index (Phi) is 3.38. The van der Waals surface area contributed by atoms with Gasteiger partial charge in [-0.15, -0.1) is 0 Å². The molecule has 22 heavy (non-hydrogen) atoms. The second-order valence-electron chi connectivity index (χ2n) is 4.51. The molecule has 1 aliphatic rings. The molecule has 1 N–H and O–H groups in total. The van der Waals surface area contributed by atoms with Gasteiger partial charge in [-0.05, 0) is 35.9 Å². The van der Waals surface area contributed by atoms with Crippen molar-refractivity contribution in [1.82, 2.24) is 10.3 Å². The molecule has 1 saturated heterocycles. The van der Waals surface area contributed by atoms with Crippen LogP contribution in [0.4, 0.5) is 19.3 Å². The van der Waals surface area contributed by atoms with E-state index in [2.05, 4.69) is 10.3 Å². The summed E-state index contributed by atoms with van der Waals surface area (Å²) in [5.41, 5.74) is 0.672. The van der Waals surface area contributed by atoms with Crippen LogP contribution in [0.3, 0.4) is 0 Å². The average molecular weight is 301 g/mol.